The Kier molecular flexibility index (Phi) is 4.80. The van der Waals surface area contributed by atoms with Crippen molar-refractivity contribution in [3.05, 3.63) is 29.8 Å². The Morgan fingerprint density at radius 1 is 0.917 bits per heavy atom. The van der Waals surface area contributed by atoms with Gasteiger partial charge in [0, 0.05) is 24.3 Å². The summed E-state index contributed by atoms with van der Waals surface area (Å²) in [7, 11) is 0. The summed E-state index contributed by atoms with van der Waals surface area (Å²) in [6.45, 7) is 1.85. The first-order valence-corrected chi connectivity index (χ1v) is 6.78. The molecule has 0 saturated carbocycles. The number of ketones is 1. The van der Waals surface area contributed by atoms with Crippen molar-refractivity contribution in [3.63, 3.8) is 0 Å². The second-order valence-electron chi connectivity index (χ2n) is 5.12. The molecule has 0 N–H and O–H groups in total. The first-order valence-electron chi connectivity index (χ1n) is 6.78. The molecular weight excluding hydrogens is 347 g/mol. The molecule has 1 aromatic carbocycles. The molecule has 2 rings (SSSR count). The van der Waals surface area contributed by atoms with E-state index in [0.717, 1.165) is 12.1 Å². The van der Waals surface area contributed by atoms with Crippen LogP contribution in [0.5, 0.6) is 0 Å². The molecule has 0 amide bonds. The van der Waals surface area contributed by atoms with Crippen molar-refractivity contribution >= 4 is 11.5 Å². The predicted octanol–water partition coefficient (Wildman–Crippen LogP) is 3.54. The molecule has 24 heavy (non-hydrogen) atoms. The zero-order chi connectivity index (χ0) is 18.2. The van der Waals surface area contributed by atoms with Gasteiger partial charge in [-0.25, -0.2) is 0 Å². The summed E-state index contributed by atoms with van der Waals surface area (Å²) in [5.41, 5.74) is -0.415. The van der Waals surface area contributed by atoms with Gasteiger partial charge in [-0.1, -0.05) is 0 Å². The van der Waals surface area contributed by atoms with Gasteiger partial charge in [-0.3, -0.25) is 4.79 Å². The summed E-state index contributed by atoms with van der Waals surface area (Å²) < 4.78 is 94.0. The number of Topliss-reactive ketones (excluding diaryl/α,β-unsaturated/α-hetero) is 1. The molecule has 0 spiro atoms. The fraction of sp³-hybridized carbons (Fsp3) is 0.500. The van der Waals surface area contributed by atoms with E-state index in [0.29, 0.717) is 32.0 Å². The number of rotatable bonds is 4. The zero-order valence-electron chi connectivity index (χ0n) is 12.0. The van der Waals surface area contributed by atoms with Crippen molar-refractivity contribution in [1.29, 1.82) is 0 Å². The molecule has 1 fully saturated rings. The Bertz CT molecular complexity index is 592. The van der Waals surface area contributed by atoms with E-state index in [-0.39, 0.29) is 0 Å². The molecular formula is C14H12F7NO2. The molecule has 1 heterocycles. The Hall–Kier alpha value is -1.84. The number of morpholine rings is 1. The topological polar surface area (TPSA) is 29.5 Å². The fourth-order valence-corrected chi connectivity index (χ4v) is 2.15. The number of carbonyl (C=O) groups excluding carboxylic acids is 1. The Labute approximate surface area is 132 Å². The third-order valence-corrected chi connectivity index (χ3v) is 3.54. The van der Waals surface area contributed by atoms with Crippen molar-refractivity contribution in [2.45, 2.75) is 18.0 Å². The second kappa shape index (κ2) is 6.23. The number of hydrogen-bond donors (Lipinski definition) is 0. The first kappa shape index (κ1) is 18.5. The van der Waals surface area contributed by atoms with E-state index in [1.807, 2.05) is 0 Å². The number of halogens is 7. The van der Waals surface area contributed by atoms with Crippen LogP contribution in [0.15, 0.2) is 24.3 Å². The van der Waals surface area contributed by atoms with Gasteiger partial charge < -0.3 is 9.64 Å². The van der Waals surface area contributed by atoms with Crippen LogP contribution in [0.4, 0.5) is 36.4 Å². The molecule has 3 nitrogen and oxygen atoms in total. The predicted molar refractivity (Wildman–Crippen MR) is 69.8 cm³/mol. The zero-order valence-corrected chi connectivity index (χ0v) is 12.0. The van der Waals surface area contributed by atoms with Gasteiger partial charge in [0.05, 0.1) is 13.2 Å². The number of carbonyl (C=O) groups is 1. The van der Waals surface area contributed by atoms with Crippen molar-refractivity contribution in [2.24, 2.45) is 0 Å². The number of ether oxygens (including phenoxy) is 1. The number of hydrogen-bond acceptors (Lipinski definition) is 3. The molecule has 0 aliphatic carbocycles. The highest BCUT2D eigenvalue weighted by atomic mass is 19.4. The SMILES string of the molecule is O=C(c1ccc(N2CCOCC2)cc1)C(F)(F)C(F)(F)C(F)(F)F. The average molecular weight is 359 g/mol. The molecule has 1 saturated heterocycles. The van der Waals surface area contributed by atoms with Crippen molar-refractivity contribution < 1.29 is 40.3 Å². The summed E-state index contributed by atoms with van der Waals surface area (Å²) in [6, 6.07) is 4.02. The minimum absolute atomic E-state index is 0.427. The largest absolute Gasteiger partial charge is 0.460 e. The van der Waals surface area contributed by atoms with Gasteiger partial charge in [-0.15, -0.1) is 0 Å². The van der Waals surface area contributed by atoms with E-state index >= 15 is 0 Å². The molecule has 0 atom stereocenters. The maximum atomic E-state index is 13.4. The maximum Gasteiger partial charge on any atom is 0.460 e. The van der Waals surface area contributed by atoms with Gasteiger partial charge in [0.15, 0.2) is 0 Å². The summed E-state index contributed by atoms with van der Waals surface area (Å²) in [4.78, 5) is 13.3. The van der Waals surface area contributed by atoms with Gasteiger partial charge in [-0.2, -0.15) is 30.7 Å². The quantitative estimate of drug-likeness (QED) is 0.608. The number of anilines is 1. The van der Waals surface area contributed by atoms with Crippen LogP contribution >= 0.6 is 0 Å². The van der Waals surface area contributed by atoms with E-state index < -0.39 is 29.4 Å². The highest BCUT2D eigenvalue weighted by Gasteiger charge is 2.76. The van der Waals surface area contributed by atoms with E-state index in [1.165, 1.54) is 12.1 Å². The molecule has 1 aliphatic rings. The highest BCUT2D eigenvalue weighted by molar-refractivity contribution is 6.02. The summed E-state index contributed by atoms with van der Waals surface area (Å²) >= 11 is 0. The van der Waals surface area contributed by atoms with E-state index in [2.05, 4.69) is 0 Å². The van der Waals surface area contributed by atoms with E-state index in [4.69, 9.17) is 4.74 Å². The summed E-state index contributed by atoms with van der Waals surface area (Å²) in [6.07, 6.45) is -6.54. The van der Waals surface area contributed by atoms with Crippen LogP contribution in [0.3, 0.4) is 0 Å². The van der Waals surface area contributed by atoms with Crippen LogP contribution in [0.1, 0.15) is 10.4 Å². The minimum Gasteiger partial charge on any atom is -0.378 e. The van der Waals surface area contributed by atoms with Gasteiger partial charge >= 0.3 is 18.0 Å². The Balaban J connectivity index is 2.23. The number of benzene rings is 1. The third-order valence-electron chi connectivity index (χ3n) is 3.54. The molecule has 1 aromatic rings. The Morgan fingerprint density at radius 3 is 1.88 bits per heavy atom. The van der Waals surface area contributed by atoms with Crippen molar-refractivity contribution in [3.8, 4) is 0 Å². The monoisotopic (exact) mass is 359 g/mol. The lowest BCUT2D eigenvalue weighted by molar-refractivity contribution is -0.339. The van der Waals surface area contributed by atoms with Crippen LogP contribution < -0.4 is 4.90 Å². The Morgan fingerprint density at radius 2 is 1.42 bits per heavy atom. The van der Waals surface area contributed by atoms with Gasteiger partial charge in [0.25, 0.3) is 0 Å². The van der Waals surface area contributed by atoms with Crippen molar-refractivity contribution in [2.75, 3.05) is 31.2 Å². The average Bonchev–Trinajstić information content (AvgIpc) is 2.54. The number of nitrogens with zero attached hydrogens (tertiary/aromatic N) is 1. The third kappa shape index (κ3) is 3.19. The molecule has 0 unspecified atom stereocenters. The van der Waals surface area contributed by atoms with Crippen LogP contribution in [0.25, 0.3) is 0 Å². The minimum atomic E-state index is -6.54. The van der Waals surface area contributed by atoms with Gasteiger partial charge in [0.2, 0.25) is 5.78 Å². The molecule has 134 valence electrons. The second-order valence-corrected chi connectivity index (χ2v) is 5.12. The van der Waals surface area contributed by atoms with Crippen LogP contribution in [0.2, 0.25) is 0 Å². The molecule has 0 radical (unpaired) electrons. The molecule has 1 aliphatic heterocycles. The molecule has 0 aromatic heterocycles. The van der Waals surface area contributed by atoms with Crippen LogP contribution in [0, 0.1) is 0 Å². The van der Waals surface area contributed by atoms with E-state index in [9.17, 15) is 35.5 Å². The van der Waals surface area contributed by atoms with Crippen LogP contribution in [-0.2, 0) is 4.74 Å². The van der Waals surface area contributed by atoms with Crippen LogP contribution in [-0.4, -0.2) is 50.1 Å². The molecule has 10 heteroatoms. The lowest BCUT2D eigenvalue weighted by Crippen LogP contribution is -2.56. The lowest BCUT2D eigenvalue weighted by atomic mass is 9.99. The molecule has 0 bridgehead atoms. The van der Waals surface area contributed by atoms with Gasteiger partial charge in [-0.05, 0) is 24.3 Å². The summed E-state index contributed by atoms with van der Waals surface area (Å²) in [5, 5.41) is 0. The standard InChI is InChI=1S/C14H12F7NO2/c15-12(16,13(17,18)14(19,20)21)11(23)9-1-3-10(4-2-9)22-5-7-24-8-6-22/h1-4H,5-8H2. The lowest BCUT2D eigenvalue weighted by Gasteiger charge is -2.29. The first-order chi connectivity index (χ1) is 11.0. The number of alkyl halides is 7. The van der Waals surface area contributed by atoms with Crippen molar-refractivity contribution in [1.82, 2.24) is 0 Å². The summed E-state index contributed by atoms with van der Waals surface area (Å²) in [5.74, 6) is -14.9. The van der Waals surface area contributed by atoms with Gasteiger partial charge in [0.1, 0.15) is 0 Å². The van der Waals surface area contributed by atoms with E-state index in [1.54, 1.807) is 4.90 Å². The maximum absolute atomic E-state index is 13.4. The normalized spacial score (nSPS) is 17.0. The highest BCUT2D eigenvalue weighted by Crippen LogP contribution is 2.47. The smallest absolute Gasteiger partial charge is 0.378 e. The fourth-order valence-electron chi connectivity index (χ4n) is 2.15.